The Bertz CT molecular complexity index is 861. The van der Waals surface area contributed by atoms with Crippen molar-refractivity contribution in [1.82, 2.24) is 4.90 Å². The fourth-order valence-corrected chi connectivity index (χ4v) is 2.90. The summed E-state index contributed by atoms with van der Waals surface area (Å²) in [5.41, 5.74) is 1.99. The number of hydrogen-bond donors (Lipinski definition) is 0. The van der Waals surface area contributed by atoms with Crippen LogP contribution in [0.3, 0.4) is 0 Å². The lowest BCUT2D eigenvalue weighted by atomic mass is 10.1. The first-order valence-corrected chi connectivity index (χ1v) is 9.41. The summed E-state index contributed by atoms with van der Waals surface area (Å²) in [4.78, 5) is 26.7. The van der Waals surface area contributed by atoms with Crippen molar-refractivity contribution in [3.05, 3.63) is 65.2 Å². The maximum atomic E-state index is 12.5. The largest absolute Gasteiger partial charge is 0.493 e. The maximum absolute atomic E-state index is 12.5. The zero-order chi connectivity index (χ0) is 21.2. The van der Waals surface area contributed by atoms with Crippen LogP contribution >= 0.6 is 0 Å². The average Bonchev–Trinajstić information content (AvgIpc) is 2.75. The first kappa shape index (κ1) is 22.0. The average molecular weight is 397 g/mol. The first-order chi connectivity index (χ1) is 14.0. The molecule has 0 unspecified atom stereocenters. The van der Waals surface area contributed by atoms with E-state index in [1.165, 1.54) is 14.2 Å². The monoisotopic (exact) mass is 397 g/mol. The molecule has 2 rings (SSSR count). The minimum Gasteiger partial charge on any atom is -0.493 e. The molecule has 0 aliphatic carbocycles. The number of amides is 1. The third-order valence-corrected chi connectivity index (χ3v) is 4.37. The third kappa shape index (κ3) is 5.85. The molecule has 6 heteroatoms. The fraction of sp³-hybridized carbons (Fsp3) is 0.304. The molecule has 0 bridgehead atoms. The summed E-state index contributed by atoms with van der Waals surface area (Å²) in [6.45, 7) is 4.41. The molecule has 0 radical (unpaired) electrons. The van der Waals surface area contributed by atoms with E-state index in [1.54, 1.807) is 17.0 Å². The van der Waals surface area contributed by atoms with E-state index in [1.807, 2.05) is 56.3 Å². The van der Waals surface area contributed by atoms with Gasteiger partial charge in [0, 0.05) is 18.7 Å². The van der Waals surface area contributed by atoms with Crippen molar-refractivity contribution >= 4 is 18.0 Å². The Hall–Kier alpha value is -3.28. The zero-order valence-electron chi connectivity index (χ0n) is 17.3. The van der Waals surface area contributed by atoms with Crippen molar-refractivity contribution in [3.8, 4) is 11.5 Å². The Morgan fingerprint density at radius 1 is 1.07 bits per heavy atom. The molecule has 1 amide bonds. The first-order valence-electron chi connectivity index (χ1n) is 9.41. The number of allylic oxidation sites excluding steroid dienone is 1. The minimum atomic E-state index is -0.596. The zero-order valence-corrected chi connectivity index (χ0v) is 17.3. The Morgan fingerprint density at radius 2 is 1.79 bits per heavy atom. The van der Waals surface area contributed by atoms with E-state index in [0.717, 1.165) is 5.56 Å². The standard InChI is InChI=1S/C23H27NO5/c1-5-10-18-13-19(14-20(27-3)22(18)28-4)23(26)29-16-21(25)24(6-2)15-17-11-8-7-9-12-17/h5,7-14H,6,15-16H2,1-4H3/b10-5+. The predicted molar refractivity (Wildman–Crippen MR) is 112 cm³/mol. The van der Waals surface area contributed by atoms with Crippen LogP contribution in [0.25, 0.3) is 6.08 Å². The normalized spacial score (nSPS) is 10.6. The summed E-state index contributed by atoms with van der Waals surface area (Å²) in [6.07, 6.45) is 3.64. The lowest BCUT2D eigenvalue weighted by molar-refractivity contribution is -0.134. The summed E-state index contributed by atoms with van der Waals surface area (Å²) >= 11 is 0. The van der Waals surface area contributed by atoms with Crippen molar-refractivity contribution in [2.24, 2.45) is 0 Å². The number of hydrogen-bond acceptors (Lipinski definition) is 5. The molecule has 0 aliphatic rings. The Kier molecular flexibility index (Phi) is 8.27. The molecule has 0 fully saturated rings. The van der Waals surface area contributed by atoms with Crippen molar-refractivity contribution in [2.75, 3.05) is 27.4 Å². The topological polar surface area (TPSA) is 65.1 Å². The summed E-state index contributed by atoms with van der Waals surface area (Å²) in [7, 11) is 3.03. The smallest absolute Gasteiger partial charge is 0.338 e. The SMILES string of the molecule is C/C=C/c1cc(C(=O)OCC(=O)N(CC)Cc2ccccc2)cc(OC)c1OC. The van der Waals surface area contributed by atoms with E-state index in [-0.39, 0.29) is 18.1 Å². The molecular formula is C23H27NO5. The molecule has 0 saturated heterocycles. The highest BCUT2D eigenvalue weighted by molar-refractivity contribution is 5.93. The molecule has 0 atom stereocenters. The second-order valence-corrected chi connectivity index (χ2v) is 6.27. The highest BCUT2D eigenvalue weighted by Crippen LogP contribution is 2.33. The van der Waals surface area contributed by atoms with Crippen LogP contribution in [-0.2, 0) is 16.1 Å². The van der Waals surface area contributed by atoms with Gasteiger partial charge >= 0.3 is 5.97 Å². The number of carbonyl (C=O) groups is 2. The highest BCUT2D eigenvalue weighted by Gasteiger charge is 2.19. The maximum Gasteiger partial charge on any atom is 0.338 e. The molecule has 0 N–H and O–H groups in total. The van der Waals surface area contributed by atoms with Crippen LogP contribution in [0, 0.1) is 0 Å². The van der Waals surface area contributed by atoms with Gasteiger partial charge < -0.3 is 19.1 Å². The van der Waals surface area contributed by atoms with Crippen LogP contribution in [0.1, 0.15) is 35.3 Å². The number of nitrogens with zero attached hydrogens (tertiary/aromatic N) is 1. The number of ether oxygens (including phenoxy) is 3. The lowest BCUT2D eigenvalue weighted by Gasteiger charge is -2.21. The van der Waals surface area contributed by atoms with Crippen LogP contribution in [0.5, 0.6) is 11.5 Å². The third-order valence-electron chi connectivity index (χ3n) is 4.37. The predicted octanol–water partition coefficient (Wildman–Crippen LogP) is 3.94. The highest BCUT2D eigenvalue weighted by atomic mass is 16.5. The molecule has 0 aromatic heterocycles. The van der Waals surface area contributed by atoms with Gasteiger partial charge in [0.15, 0.2) is 18.1 Å². The van der Waals surface area contributed by atoms with Gasteiger partial charge in [-0.2, -0.15) is 0 Å². The van der Waals surface area contributed by atoms with E-state index >= 15 is 0 Å². The van der Waals surface area contributed by atoms with Gasteiger partial charge in [-0.25, -0.2) is 4.79 Å². The Morgan fingerprint density at radius 3 is 2.38 bits per heavy atom. The van der Waals surface area contributed by atoms with Gasteiger partial charge in [0.25, 0.3) is 5.91 Å². The fourth-order valence-electron chi connectivity index (χ4n) is 2.90. The van der Waals surface area contributed by atoms with Crippen molar-refractivity contribution < 1.29 is 23.8 Å². The number of likely N-dealkylation sites (N-methyl/N-ethyl adjacent to an activating group) is 1. The van der Waals surface area contributed by atoms with Gasteiger partial charge in [-0.3, -0.25) is 4.79 Å². The van der Waals surface area contributed by atoms with Gasteiger partial charge in [-0.05, 0) is 31.5 Å². The van der Waals surface area contributed by atoms with Crippen molar-refractivity contribution in [1.29, 1.82) is 0 Å². The van der Waals surface area contributed by atoms with Crippen molar-refractivity contribution in [2.45, 2.75) is 20.4 Å². The van der Waals surface area contributed by atoms with Crippen LogP contribution in [0.4, 0.5) is 0 Å². The van der Waals surface area contributed by atoms with E-state index < -0.39 is 5.97 Å². The molecule has 2 aromatic carbocycles. The Balaban J connectivity index is 2.09. The molecule has 2 aromatic rings. The number of benzene rings is 2. The number of esters is 1. The summed E-state index contributed by atoms with van der Waals surface area (Å²) in [6, 6.07) is 12.9. The van der Waals surface area contributed by atoms with Crippen LogP contribution in [0.2, 0.25) is 0 Å². The second kappa shape index (κ2) is 10.9. The molecular weight excluding hydrogens is 370 g/mol. The summed E-state index contributed by atoms with van der Waals surface area (Å²) in [5, 5.41) is 0. The van der Waals surface area contributed by atoms with Crippen LogP contribution < -0.4 is 9.47 Å². The Labute approximate surface area is 171 Å². The van der Waals surface area contributed by atoms with Crippen LogP contribution in [-0.4, -0.2) is 44.1 Å². The van der Waals surface area contributed by atoms with E-state index in [9.17, 15) is 9.59 Å². The van der Waals surface area contributed by atoms with E-state index in [0.29, 0.717) is 30.2 Å². The van der Waals surface area contributed by atoms with Crippen LogP contribution in [0.15, 0.2) is 48.5 Å². The van der Waals surface area contributed by atoms with E-state index in [4.69, 9.17) is 14.2 Å². The summed E-state index contributed by atoms with van der Waals surface area (Å²) in [5.74, 6) is 0.0959. The number of methoxy groups -OCH3 is 2. The quantitative estimate of drug-likeness (QED) is 0.600. The van der Waals surface area contributed by atoms with Gasteiger partial charge in [0.1, 0.15) is 0 Å². The van der Waals surface area contributed by atoms with Gasteiger partial charge in [-0.15, -0.1) is 0 Å². The number of carbonyl (C=O) groups excluding carboxylic acids is 2. The van der Waals surface area contributed by atoms with Gasteiger partial charge in [0.2, 0.25) is 0 Å². The molecule has 0 heterocycles. The van der Waals surface area contributed by atoms with Gasteiger partial charge in [-0.1, -0.05) is 42.5 Å². The molecule has 154 valence electrons. The van der Waals surface area contributed by atoms with Gasteiger partial charge in [0.05, 0.1) is 19.8 Å². The second-order valence-electron chi connectivity index (χ2n) is 6.27. The molecule has 29 heavy (non-hydrogen) atoms. The van der Waals surface area contributed by atoms with Crippen molar-refractivity contribution in [3.63, 3.8) is 0 Å². The molecule has 0 spiro atoms. The molecule has 0 aliphatic heterocycles. The minimum absolute atomic E-state index is 0.251. The lowest BCUT2D eigenvalue weighted by Crippen LogP contribution is -2.34. The van der Waals surface area contributed by atoms with E-state index in [2.05, 4.69) is 0 Å². The number of rotatable bonds is 9. The molecule has 0 saturated carbocycles. The summed E-state index contributed by atoms with van der Waals surface area (Å²) < 4.78 is 16.0. The molecule has 6 nitrogen and oxygen atoms in total.